The molecule has 1 aliphatic heterocycles. The van der Waals surface area contributed by atoms with Gasteiger partial charge in [0.2, 0.25) is 10.0 Å². The number of nitrogens with one attached hydrogen (secondary N) is 1. The standard InChI is InChI=1S/C11H16Cl2N4O2S/c1-14-10-8(12)7-9(13)11(15-10)16-3-5-17(6-4-16)20(2,18)19/h7H,3-6H2,1-2H3,(H,14,15). The monoisotopic (exact) mass is 338 g/mol. The van der Waals surface area contributed by atoms with E-state index in [1.165, 1.54) is 10.6 Å². The van der Waals surface area contributed by atoms with E-state index >= 15 is 0 Å². The van der Waals surface area contributed by atoms with Gasteiger partial charge in [-0.05, 0) is 6.07 Å². The van der Waals surface area contributed by atoms with Crippen LogP contribution < -0.4 is 10.2 Å². The summed E-state index contributed by atoms with van der Waals surface area (Å²) in [4.78, 5) is 6.34. The van der Waals surface area contributed by atoms with Crippen LogP contribution in [-0.2, 0) is 10.0 Å². The SMILES string of the molecule is CNc1nc(N2CCN(S(C)(=O)=O)CC2)c(Cl)cc1Cl. The number of rotatable bonds is 3. The molecule has 9 heteroatoms. The van der Waals surface area contributed by atoms with E-state index in [-0.39, 0.29) is 0 Å². The van der Waals surface area contributed by atoms with Gasteiger partial charge in [0.05, 0.1) is 16.3 Å². The lowest BCUT2D eigenvalue weighted by Gasteiger charge is -2.34. The molecule has 1 aromatic rings. The molecule has 1 saturated heterocycles. The molecule has 1 aromatic heterocycles. The molecule has 0 radical (unpaired) electrons. The minimum Gasteiger partial charge on any atom is -0.372 e. The van der Waals surface area contributed by atoms with Crippen molar-refractivity contribution in [1.29, 1.82) is 0 Å². The van der Waals surface area contributed by atoms with Crippen LogP contribution in [0.5, 0.6) is 0 Å². The first-order chi connectivity index (χ1) is 9.32. The van der Waals surface area contributed by atoms with Crippen LogP contribution in [0.3, 0.4) is 0 Å². The fourth-order valence-corrected chi connectivity index (χ4v) is 3.48. The zero-order chi connectivity index (χ0) is 14.9. The molecular formula is C11H16Cl2N4O2S. The van der Waals surface area contributed by atoms with E-state index in [4.69, 9.17) is 23.2 Å². The molecule has 6 nitrogen and oxygen atoms in total. The molecule has 0 unspecified atom stereocenters. The summed E-state index contributed by atoms with van der Waals surface area (Å²) < 4.78 is 24.4. The molecule has 0 amide bonds. The number of pyridine rings is 1. The highest BCUT2D eigenvalue weighted by Crippen LogP contribution is 2.31. The predicted octanol–water partition coefficient (Wildman–Crippen LogP) is 1.51. The molecule has 2 heterocycles. The van der Waals surface area contributed by atoms with Crippen molar-refractivity contribution >= 4 is 44.9 Å². The smallest absolute Gasteiger partial charge is 0.211 e. The second-order valence-corrected chi connectivity index (χ2v) is 7.32. The van der Waals surface area contributed by atoms with Crippen molar-refractivity contribution in [2.24, 2.45) is 0 Å². The van der Waals surface area contributed by atoms with E-state index in [2.05, 4.69) is 10.3 Å². The zero-order valence-corrected chi connectivity index (χ0v) is 13.6. The van der Waals surface area contributed by atoms with Crippen LogP contribution in [-0.4, -0.2) is 57.2 Å². The van der Waals surface area contributed by atoms with Crippen molar-refractivity contribution in [3.8, 4) is 0 Å². The number of piperazine rings is 1. The van der Waals surface area contributed by atoms with Crippen molar-refractivity contribution in [2.75, 3.05) is 49.7 Å². The molecule has 1 fully saturated rings. The quantitative estimate of drug-likeness (QED) is 0.904. The van der Waals surface area contributed by atoms with E-state index in [1.807, 2.05) is 4.90 Å². The maximum atomic E-state index is 11.5. The van der Waals surface area contributed by atoms with Gasteiger partial charge in [-0.1, -0.05) is 23.2 Å². The average molecular weight is 339 g/mol. The van der Waals surface area contributed by atoms with Gasteiger partial charge < -0.3 is 10.2 Å². The Morgan fingerprint density at radius 1 is 1.20 bits per heavy atom. The fraction of sp³-hybridized carbons (Fsp3) is 0.545. The van der Waals surface area contributed by atoms with Crippen LogP contribution in [0.2, 0.25) is 10.0 Å². The molecule has 20 heavy (non-hydrogen) atoms. The second-order valence-electron chi connectivity index (χ2n) is 4.52. The number of nitrogens with zero attached hydrogens (tertiary/aromatic N) is 3. The van der Waals surface area contributed by atoms with Gasteiger partial charge in [0.25, 0.3) is 0 Å². The van der Waals surface area contributed by atoms with Gasteiger partial charge in [0.1, 0.15) is 11.6 Å². The lowest BCUT2D eigenvalue weighted by atomic mass is 10.3. The minimum absolute atomic E-state index is 0.425. The summed E-state index contributed by atoms with van der Waals surface area (Å²) in [5.74, 6) is 1.17. The highest BCUT2D eigenvalue weighted by molar-refractivity contribution is 7.88. The molecule has 1 N–H and O–H groups in total. The van der Waals surface area contributed by atoms with E-state index in [1.54, 1.807) is 13.1 Å². The summed E-state index contributed by atoms with van der Waals surface area (Å²) in [6, 6.07) is 1.64. The van der Waals surface area contributed by atoms with E-state index in [0.29, 0.717) is 47.9 Å². The molecule has 112 valence electrons. The van der Waals surface area contributed by atoms with Crippen LogP contribution in [0.25, 0.3) is 0 Å². The minimum atomic E-state index is -3.14. The normalized spacial score (nSPS) is 17.3. The van der Waals surface area contributed by atoms with Gasteiger partial charge in [0, 0.05) is 33.2 Å². The number of sulfonamides is 1. The Kier molecular flexibility index (Phi) is 4.63. The van der Waals surface area contributed by atoms with Crippen LogP contribution in [0, 0.1) is 0 Å². The van der Waals surface area contributed by atoms with Gasteiger partial charge >= 0.3 is 0 Å². The predicted molar refractivity (Wildman–Crippen MR) is 82.4 cm³/mol. The van der Waals surface area contributed by atoms with E-state index in [0.717, 1.165) is 0 Å². The summed E-state index contributed by atoms with van der Waals surface area (Å²) in [5, 5.41) is 3.81. The van der Waals surface area contributed by atoms with E-state index < -0.39 is 10.0 Å². The Hall–Kier alpha value is -0.760. The number of aromatic nitrogens is 1. The molecule has 0 aromatic carbocycles. The van der Waals surface area contributed by atoms with Crippen molar-refractivity contribution in [3.05, 3.63) is 16.1 Å². The lowest BCUT2D eigenvalue weighted by Crippen LogP contribution is -2.48. The molecule has 0 atom stereocenters. The zero-order valence-electron chi connectivity index (χ0n) is 11.2. The van der Waals surface area contributed by atoms with Crippen molar-refractivity contribution < 1.29 is 8.42 Å². The topological polar surface area (TPSA) is 65.5 Å². The molecular weight excluding hydrogens is 323 g/mol. The maximum absolute atomic E-state index is 11.5. The first-order valence-corrected chi connectivity index (χ1v) is 8.67. The lowest BCUT2D eigenvalue weighted by molar-refractivity contribution is 0.387. The molecule has 1 aliphatic rings. The Balaban J connectivity index is 2.19. The van der Waals surface area contributed by atoms with Crippen LogP contribution in [0.4, 0.5) is 11.6 Å². The number of halogens is 2. The van der Waals surface area contributed by atoms with Gasteiger partial charge in [-0.2, -0.15) is 4.31 Å². The Morgan fingerprint density at radius 3 is 2.30 bits per heavy atom. The largest absolute Gasteiger partial charge is 0.372 e. The Morgan fingerprint density at radius 2 is 1.80 bits per heavy atom. The third-order valence-corrected chi connectivity index (χ3v) is 5.02. The molecule has 0 spiro atoms. The van der Waals surface area contributed by atoms with Crippen LogP contribution in [0.1, 0.15) is 0 Å². The molecule has 0 saturated carbocycles. The number of hydrogen-bond acceptors (Lipinski definition) is 5. The van der Waals surface area contributed by atoms with Crippen molar-refractivity contribution in [2.45, 2.75) is 0 Å². The summed E-state index contributed by atoms with van der Waals surface area (Å²) in [6.45, 7) is 1.94. The van der Waals surface area contributed by atoms with E-state index in [9.17, 15) is 8.42 Å². The summed E-state index contributed by atoms with van der Waals surface area (Å²) in [7, 11) is -1.41. The first kappa shape index (κ1) is 15.6. The third kappa shape index (κ3) is 3.28. The second kappa shape index (κ2) is 5.93. The third-order valence-electron chi connectivity index (χ3n) is 3.15. The molecule has 0 bridgehead atoms. The van der Waals surface area contributed by atoms with Gasteiger partial charge in [-0.25, -0.2) is 13.4 Å². The molecule has 2 rings (SSSR count). The summed E-state index contributed by atoms with van der Waals surface area (Å²) in [6.07, 6.45) is 1.22. The number of anilines is 2. The summed E-state index contributed by atoms with van der Waals surface area (Å²) >= 11 is 12.2. The number of hydrogen-bond donors (Lipinski definition) is 1. The van der Waals surface area contributed by atoms with Gasteiger partial charge in [0.15, 0.2) is 0 Å². The fourth-order valence-electron chi connectivity index (χ4n) is 2.09. The van der Waals surface area contributed by atoms with Gasteiger partial charge in [-0.3, -0.25) is 0 Å². The first-order valence-electron chi connectivity index (χ1n) is 6.07. The summed E-state index contributed by atoms with van der Waals surface area (Å²) in [5.41, 5.74) is 0. The van der Waals surface area contributed by atoms with Gasteiger partial charge in [-0.15, -0.1) is 0 Å². The highest BCUT2D eigenvalue weighted by Gasteiger charge is 2.25. The van der Waals surface area contributed by atoms with Crippen LogP contribution >= 0.6 is 23.2 Å². The maximum Gasteiger partial charge on any atom is 0.211 e. The van der Waals surface area contributed by atoms with Crippen LogP contribution in [0.15, 0.2) is 6.07 Å². The highest BCUT2D eigenvalue weighted by atomic mass is 35.5. The average Bonchev–Trinajstić information content (AvgIpc) is 2.38. The molecule has 0 aliphatic carbocycles. The van der Waals surface area contributed by atoms with Crippen molar-refractivity contribution in [1.82, 2.24) is 9.29 Å². The Labute approximate surface area is 128 Å². The van der Waals surface area contributed by atoms with Crippen molar-refractivity contribution in [3.63, 3.8) is 0 Å². The Bertz CT molecular complexity index is 601.